The summed E-state index contributed by atoms with van der Waals surface area (Å²) in [6, 6.07) is 8.56. The molecule has 1 rings (SSSR count). The van der Waals surface area contributed by atoms with Crippen molar-refractivity contribution in [1.29, 1.82) is 0 Å². The smallest absolute Gasteiger partial charge is 0.188 e. The molecule has 100 valence electrons. The standard InChI is InChI=1S/C16H24O2/c1-13(2)8-15-6-5-7-16(9-15)11-18-12-17-10-14(3)4/h5-7,9-10,13H,8,11-12H2,1-4H3. The summed E-state index contributed by atoms with van der Waals surface area (Å²) >= 11 is 0. The first-order valence-electron chi connectivity index (χ1n) is 6.48. The minimum atomic E-state index is 0.305. The molecule has 0 spiro atoms. The maximum Gasteiger partial charge on any atom is 0.188 e. The van der Waals surface area contributed by atoms with Gasteiger partial charge in [0, 0.05) is 0 Å². The molecule has 0 N–H and O–H groups in total. The molecule has 0 radical (unpaired) electrons. The van der Waals surface area contributed by atoms with E-state index in [1.54, 1.807) is 6.26 Å². The van der Waals surface area contributed by atoms with Gasteiger partial charge in [-0.15, -0.1) is 0 Å². The first-order valence-corrected chi connectivity index (χ1v) is 6.48. The minimum Gasteiger partial charge on any atom is -0.475 e. The molecule has 1 aromatic carbocycles. The Morgan fingerprint density at radius 1 is 1.22 bits per heavy atom. The summed E-state index contributed by atoms with van der Waals surface area (Å²) < 4.78 is 10.7. The van der Waals surface area contributed by atoms with E-state index in [1.807, 2.05) is 13.8 Å². The molecule has 2 heteroatoms. The van der Waals surface area contributed by atoms with E-state index in [1.165, 1.54) is 11.1 Å². The maximum atomic E-state index is 5.46. The van der Waals surface area contributed by atoms with E-state index in [-0.39, 0.29) is 0 Å². The Labute approximate surface area is 111 Å². The quantitative estimate of drug-likeness (QED) is 0.407. The third-order valence-electron chi connectivity index (χ3n) is 2.37. The Bertz CT molecular complexity index is 376. The van der Waals surface area contributed by atoms with Crippen LogP contribution in [0.3, 0.4) is 0 Å². The van der Waals surface area contributed by atoms with Crippen molar-refractivity contribution in [3.8, 4) is 0 Å². The van der Waals surface area contributed by atoms with Gasteiger partial charge in [-0.3, -0.25) is 0 Å². The number of hydrogen-bond acceptors (Lipinski definition) is 2. The molecule has 0 unspecified atom stereocenters. The lowest BCUT2D eigenvalue weighted by Gasteiger charge is -2.08. The van der Waals surface area contributed by atoms with Crippen LogP contribution in [0.15, 0.2) is 36.1 Å². The fraction of sp³-hybridized carbons (Fsp3) is 0.500. The summed E-state index contributed by atoms with van der Waals surface area (Å²) in [6.07, 6.45) is 2.83. The summed E-state index contributed by atoms with van der Waals surface area (Å²) in [6.45, 7) is 9.36. The summed E-state index contributed by atoms with van der Waals surface area (Å²) in [4.78, 5) is 0. The van der Waals surface area contributed by atoms with Crippen LogP contribution in [0.1, 0.15) is 38.8 Å². The zero-order valence-electron chi connectivity index (χ0n) is 11.9. The molecule has 0 heterocycles. The van der Waals surface area contributed by atoms with Crippen LogP contribution in [0.5, 0.6) is 0 Å². The van der Waals surface area contributed by atoms with Gasteiger partial charge < -0.3 is 9.47 Å². The highest BCUT2D eigenvalue weighted by Gasteiger charge is 1.99. The zero-order chi connectivity index (χ0) is 13.4. The van der Waals surface area contributed by atoms with Crippen LogP contribution >= 0.6 is 0 Å². The molecule has 0 aliphatic heterocycles. The van der Waals surface area contributed by atoms with Gasteiger partial charge in [-0.05, 0) is 42.9 Å². The minimum absolute atomic E-state index is 0.305. The molecule has 0 atom stereocenters. The van der Waals surface area contributed by atoms with E-state index in [9.17, 15) is 0 Å². The molecular weight excluding hydrogens is 224 g/mol. The summed E-state index contributed by atoms with van der Waals surface area (Å²) in [7, 11) is 0. The van der Waals surface area contributed by atoms with Crippen molar-refractivity contribution < 1.29 is 9.47 Å². The predicted octanol–water partition coefficient (Wildman–Crippen LogP) is 4.30. The molecular formula is C16H24O2. The third kappa shape index (κ3) is 6.45. The first-order chi connectivity index (χ1) is 8.58. The Morgan fingerprint density at radius 2 is 1.94 bits per heavy atom. The average Bonchev–Trinajstić information content (AvgIpc) is 2.27. The van der Waals surface area contributed by atoms with Crippen LogP contribution in [0.4, 0.5) is 0 Å². The lowest BCUT2D eigenvalue weighted by molar-refractivity contribution is -0.0213. The van der Waals surface area contributed by atoms with Crippen molar-refractivity contribution in [3.05, 3.63) is 47.2 Å². The van der Waals surface area contributed by atoms with Gasteiger partial charge in [0.05, 0.1) is 12.9 Å². The zero-order valence-corrected chi connectivity index (χ0v) is 11.9. The maximum absolute atomic E-state index is 5.46. The molecule has 0 bridgehead atoms. The SMILES string of the molecule is CC(C)=COCOCc1cccc(CC(C)C)c1. The second kappa shape index (κ2) is 7.93. The summed E-state index contributed by atoms with van der Waals surface area (Å²) in [5, 5.41) is 0. The van der Waals surface area contributed by atoms with Crippen molar-refractivity contribution in [1.82, 2.24) is 0 Å². The normalized spacial score (nSPS) is 10.5. The molecule has 0 aliphatic rings. The van der Waals surface area contributed by atoms with Crippen molar-refractivity contribution in [2.24, 2.45) is 5.92 Å². The van der Waals surface area contributed by atoms with Crippen molar-refractivity contribution in [2.75, 3.05) is 6.79 Å². The van der Waals surface area contributed by atoms with Gasteiger partial charge in [-0.25, -0.2) is 0 Å². The van der Waals surface area contributed by atoms with E-state index < -0.39 is 0 Å². The van der Waals surface area contributed by atoms with Crippen LogP contribution < -0.4 is 0 Å². The van der Waals surface area contributed by atoms with Crippen LogP contribution in [-0.2, 0) is 22.5 Å². The van der Waals surface area contributed by atoms with Gasteiger partial charge in [-0.2, -0.15) is 0 Å². The molecule has 0 aliphatic carbocycles. The highest BCUT2D eigenvalue weighted by molar-refractivity contribution is 5.23. The number of rotatable bonds is 7. The van der Waals surface area contributed by atoms with E-state index in [0.717, 1.165) is 12.0 Å². The number of hydrogen-bond donors (Lipinski definition) is 0. The molecule has 18 heavy (non-hydrogen) atoms. The number of allylic oxidation sites excluding steroid dienone is 1. The number of ether oxygens (including phenoxy) is 2. The summed E-state index contributed by atoms with van der Waals surface area (Å²) in [5.41, 5.74) is 3.71. The Hall–Kier alpha value is -1.28. The van der Waals surface area contributed by atoms with Crippen LogP contribution in [-0.4, -0.2) is 6.79 Å². The highest BCUT2D eigenvalue weighted by atomic mass is 16.7. The molecule has 0 saturated heterocycles. The highest BCUT2D eigenvalue weighted by Crippen LogP contribution is 2.11. The van der Waals surface area contributed by atoms with Gasteiger partial charge in [-0.1, -0.05) is 38.1 Å². The third-order valence-corrected chi connectivity index (χ3v) is 2.37. The summed E-state index contributed by atoms with van der Waals surface area (Å²) in [5.74, 6) is 0.683. The molecule has 0 amide bonds. The largest absolute Gasteiger partial charge is 0.475 e. The van der Waals surface area contributed by atoms with Gasteiger partial charge in [0.25, 0.3) is 0 Å². The van der Waals surface area contributed by atoms with E-state index in [0.29, 0.717) is 19.3 Å². The van der Waals surface area contributed by atoms with Crippen molar-refractivity contribution in [3.63, 3.8) is 0 Å². The Morgan fingerprint density at radius 3 is 2.61 bits per heavy atom. The molecule has 1 aromatic rings. The van der Waals surface area contributed by atoms with Crippen molar-refractivity contribution >= 4 is 0 Å². The number of benzene rings is 1. The van der Waals surface area contributed by atoms with Crippen molar-refractivity contribution in [2.45, 2.75) is 40.7 Å². The fourth-order valence-corrected chi connectivity index (χ4v) is 1.73. The van der Waals surface area contributed by atoms with E-state index >= 15 is 0 Å². The van der Waals surface area contributed by atoms with Gasteiger partial charge >= 0.3 is 0 Å². The van der Waals surface area contributed by atoms with Crippen LogP contribution in [0.2, 0.25) is 0 Å². The lowest BCUT2D eigenvalue weighted by atomic mass is 10.0. The lowest BCUT2D eigenvalue weighted by Crippen LogP contribution is -1.99. The molecule has 0 fully saturated rings. The monoisotopic (exact) mass is 248 g/mol. The van der Waals surface area contributed by atoms with Crippen LogP contribution in [0.25, 0.3) is 0 Å². The Balaban J connectivity index is 2.36. The molecule has 2 nitrogen and oxygen atoms in total. The fourth-order valence-electron chi connectivity index (χ4n) is 1.73. The van der Waals surface area contributed by atoms with E-state index in [4.69, 9.17) is 9.47 Å². The topological polar surface area (TPSA) is 18.5 Å². The van der Waals surface area contributed by atoms with Gasteiger partial charge in [0.1, 0.15) is 0 Å². The second-order valence-corrected chi connectivity index (χ2v) is 5.25. The van der Waals surface area contributed by atoms with Gasteiger partial charge in [0.15, 0.2) is 6.79 Å². The molecule has 0 aromatic heterocycles. The average molecular weight is 248 g/mol. The molecule has 0 saturated carbocycles. The van der Waals surface area contributed by atoms with Crippen LogP contribution in [0, 0.1) is 5.92 Å². The first kappa shape index (κ1) is 14.8. The Kier molecular flexibility index (Phi) is 6.51. The van der Waals surface area contributed by atoms with Gasteiger partial charge in [0.2, 0.25) is 0 Å². The second-order valence-electron chi connectivity index (χ2n) is 5.25. The van der Waals surface area contributed by atoms with E-state index in [2.05, 4.69) is 38.1 Å². The predicted molar refractivity (Wildman–Crippen MR) is 75.2 cm³/mol.